The molecule has 0 aliphatic heterocycles. The van der Waals surface area contributed by atoms with E-state index in [1.807, 2.05) is 18.3 Å². The van der Waals surface area contributed by atoms with E-state index in [1.165, 1.54) is 0 Å². The van der Waals surface area contributed by atoms with E-state index in [9.17, 15) is 0 Å². The molecule has 0 spiro atoms. The van der Waals surface area contributed by atoms with Gasteiger partial charge < -0.3 is 11.1 Å². The number of nitrogens with zero attached hydrogens (tertiary/aromatic N) is 3. The van der Waals surface area contributed by atoms with Crippen molar-refractivity contribution >= 4 is 11.5 Å². The average molecular weight is 233 g/mol. The Morgan fingerprint density at radius 3 is 3.00 bits per heavy atom. The van der Waals surface area contributed by atoms with Crippen molar-refractivity contribution in [3.63, 3.8) is 0 Å². The highest BCUT2D eigenvalue weighted by Crippen LogP contribution is 2.20. The lowest BCUT2D eigenvalue weighted by Crippen LogP contribution is -2.36. The third kappa shape index (κ3) is 2.55. The lowest BCUT2D eigenvalue weighted by Gasteiger charge is -2.29. The summed E-state index contributed by atoms with van der Waals surface area (Å²) >= 11 is 0. The van der Waals surface area contributed by atoms with E-state index in [2.05, 4.69) is 29.2 Å². The summed E-state index contributed by atoms with van der Waals surface area (Å²) in [5, 5.41) is 7.57. The van der Waals surface area contributed by atoms with E-state index in [4.69, 9.17) is 5.73 Å². The third-order valence-corrected chi connectivity index (χ3v) is 3.16. The molecule has 5 nitrogen and oxygen atoms in total. The summed E-state index contributed by atoms with van der Waals surface area (Å²) < 4.78 is 1.75. The number of hydrogen-bond acceptors (Lipinski definition) is 4. The van der Waals surface area contributed by atoms with Crippen LogP contribution in [0.4, 0.5) is 5.82 Å². The van der Waals surface area contributed by atoms with Gasteiger partial charge in [0.05, 0.1) is 6.20 Å². The van der Waals surface area contributed by atoms with Gasteiger partial charge in [-0.25, -0.2) is 9.50 Å². The minimum atomic E-state index is 0.000114. The Hall–Kier alpha value is -1.62. The van der Waals surface area contributed by atoms with E-state index >= 15 is 0 Å². The molecular formula is C12H19N5. The van der Waals surface area contributed by atoms with Crippen molar-refractivity contribution in [3.8, 4) is 0 Å². The molecule has 0 fully saturated rings. The summed E-state index contributed by atoms with van der Waals surface area (Å²) in [4.78, 5) is 4.50. The highest BCUT2D eigenvalue weighted by atomic mass is 15.2. The number of nitrogens with two attached hydrogens (primary N) is 1. The fourth-order valence-corrected chi connectivity index (χ4v) is 1.84. The molecule has 2 heterocycles. The zero-order chi connectivity index (χ0) is 12.3. The van der Waals surface area contributed by atoms with Crippen LogP contribution in [0.3, 0.4) is 0 Å². The topological polar surface area (TPSA) is 68.2 Å². The Bertz CT molecular complexity index is 492. The molecule has 0 radical (unpaired) electrons. The van der Waals surface area contributed by atoms with Crippen molar-refractivity contribution in [1.29, 1.82) is 0 Å². The van der Waals surface area contributed by atoms with E-state index in [0.29, 0.717) is 6.54 Å². The largest absolute Gasteiger partial charge is 0.365 e. The summed E-state index contributed by atoms with van der Waals surface area (Å²) in [7, 11) is 0. The van der Waals surface area contributed by atoms with Gasteiger partial charge in [0.2, 0.25) is 0 Å². The Morgan fingerprint density at radius 1 is 1.47 bits per heavy atom. The highest BCUT2D eigenvalue weighted by molar-refractivity contribution is 5.46. The maximum atomic E-state index is 5.64. The zero-order valence-electron chi connectivity index (χ0n) is 10.3. The van der Waals surface area contributed by atoms with Gasteiger partial charge in [0, 0.05) is 17.8 Å². The number of nitrogens with one attached hydrogen (secondary N) is 1. The van der Waals surface area contributed by atoms with Crippen molar-refractivity contribution in [3.05, 3.63) is 24.5 Å². The number of rotatable bonds is 5. The fraction of sp³-hybridized carbons (Fsp3) is 0.500. The number of fused-ring (bicyclic) bond motifs is 1. The van der Waals surface area contributed by atoms with E-state index in [1.54, 1.807) is 10.7 Å². The molecule has 0 saturated heterocycles. The first kappa shape index (κ1) is 11.9. The molecule has 5 heteroatoms. The monoisotopic (exact) mass is 233 g/mol. The van der Waals surface area contributed by atoms with Gasteiger partial charge in [-0.05, 0) is 32.4 Å². The summed E-state index contributed by atoms with van der Waals surface area (Å²) in [6.07, 6.45) is 5.58. The van der Waals surface area contributed by atoms with Gasteiger partial charge in [0.25, 0.3) is 0 Å². The van der Waals surface area contributed by atoms with Gasteiger partial charge in [-0.3, -0.25) is 0 Å². The summed E-state index contributed by atoms with van der Waals surface area (Å²) in [6.45, 7) is 4.99. The molecule has 0 aliphatic carbocycles. The van der Waals surface area contributed by atoms with E-state index in [-0.39, 0.29) is 5.54 Å². The molecule has 17 heavy (non-hydrogen) atoms. The predicted molar refractivity (Wildman–Crippen MR) is 69.0 cm³/mol. The number of anilines is 1. The van der Waals surface area contributed by atoms with Crippen molar-refractivity contribution in [2.45, 2.75) is 32.2 Å². The molecule has 0 saturated carbocycles. The normalized spacial score (nSPS) is 14.8. The van der Waals surface area contributed by atoms with Crippen LogP contribution in [0.5, 0.6) is 0 Å². The third-order valence-electron chi connectivity index (χ3n) is 3.16. The van der Waals surface area contributed by atoms with Gasteiger partial charge >= 0.3 is 0 Å². The molecule has 1 atom stereocenters. The van der Waals surface area contributed by atoms with Crippen LogP contribution in [-0.4, -0.2) is 26.7 Å². The molecule has 92 valence electrons. The maximum absolute atomic E-state index is 5.64. The van der Waals surface area contributed by atoms with E-state index < -0.39 is 0 Å². The molecule has 0 aromatic carbocycles. The average Bonchev–Trinajstić information content (AvgIpc) is 2.76. The zero-order valence-corrected chi connectivity index (χ0v) is 10.3. The molecule has 0 bridgehead atoms. The lowest BCUT2D eigenvalue weighted by molar-refractivity contribution is 0.462. The summed E-state index contributed by atoms with van der Waals surface area (Å²) in [5.41, 5.74) is 6.49. The van der Waals surface area contributed by atoms with Crippen LogP contribution in [0.2, 0.25) is 0 Å². The second-order valence-electron chi connectivity index (χ2n) is 4.52. The maximum Gasteiger partial charge on any atom is 0.157 e. The van der Waals surface area contributed by atoms with Gasteiger partial charge in [-0.2, -0.15) is 5.10 Å². The first-order valence-electron chi connectivity index (χ1n) is 5.95. The molecule has 0 amide bonds. The van der Waals surface area contributed by atoms with Gasteiger partial charge in [0.1, 0.15) is 5.82 Å². The summed E-state index contributed by atoms with van der Waals surface area (Å²) in [5.74, 6) is 0.871. The quantitative estimate of drug-likeness (QED) is 0.824. The first-order chi connectivity index (χ1) is 8.17. The number of hydrogen-bond donors (Lipinski definition) is 2. The van der Waals surface area contributed by atoms with Crippen LogP contribution in [0, 0.1) is 0 Å². The molecule has 2 aromatic heterocycles. The van der Waals surface area contributed by atoms with Crippen LogP contribution >= 0.6 is 0 Å². The molecule has 2 aromatic rings. The number of aromatic nitrogens is 3. The Kier molecular flexibility index (Phi) is 3.28. The van der Waals surface area contributed by atoms with Crippen molar-refractivity contribution in [2.24, 2.45) is 5.73 Å². The molecule has 0 aliphatic rings. The van der Waals surface area contributed by atoms with Crippen LogP contribution < -0.4 is 11.1 Å². The van der Waals surface area contributed by atoms with Crippen LogP contribution in [-0.2, 0) is 0 Å². The standard InChI is InChI=1S/C12H19N5/c1-3-12(2,6-7-13)16-10-5-9-17-11(15-10)4-8-14-17/h4-5,8-9H,3,6-7,13H2,1-2H3,(H,15,16). The Labute approximate surface area is 101 Å². The minimum absolute atomic E-state index is 0.000114. The van der Waals surface area contributed by atoms with E-state index in [0.717, 1.165) is 24.3 Å². The smallest absolute Gasteiger partial charge is 0.157 e. The second-order valence-corrected chi connectivity index (χ2v) is 4.52. The lowest BCUT2D eigenvalue weighted by atomic mass is 9.94. The second kappa shape index (κ2) is 4.71. The van der Waals surface area contributed by atoms with Gasteiger partial charge in [-0.1, -0.05) is 6.92 Å². The van der Waals surface area contributed by atoms with Crippen LogP contribution in [0.15, 0.2) is 24.5 Å². The predicted octanol–water partition coefficient (Wildman–Crippen LogP) is 1.66. The highest BCUT2D eigenvalue weighted by Gasteiger charge is 2.21. The van der Waals surface area contributed by atoms with Crippen LogP contribution in [0.25, 0.3) is 5.65 Å². The first-order valence-corrected chi connectivity index (χ1v) is 5.95. The van der Waals surface area contributed by atoms with Crippen LogP contribution in [0.1, 0.15) is 26.7 Å². The molecular weight excluding hydrogens is 214 g/mol. The van der Waals surface area contributed by atoms with Gasteiger partial charge in [0.15, 0.2) is 5.65 Å². The Balaban J connectivity index is 2.21. The Morgan fingerprint density at radius 2 is 2.29 bits per heavy atom. The fourth-order valence-electron chi connectivity index (χ4n) is 1.84. The van der Waals surface area contributed by atoms with Gasteiger partial charge in [-0.15, -0.1) is 0 Å². The molecule has 2 rings (SSSR count). The van der Waals surface area contributed by atoms with Crippen molar-refractivity contribution in [2.75, 3.05) is 11.9 Å². The van der Waals surface area contributed by atoms with Crippen molar-refractivity contribution in [1.82, 2.24) is 14.6 Å². The molecule has 1 unspecified atom stereocenters. The van der Waals surface area contributed by atoms with Crippen molar-refractivity contribution < 1.29 is 0 Å². The minimum Gasteiger partial charge on any atom is -0.365 e. The molecule has 3 N–H and O–H groups in total. The SMILES string of the molecule is CCC(C)(CCN)Nc1ccn2nccc2n1. The summed E-state index contributed by atoms with van der Waals surface area (Å²) in [6, 6.07) is 3.82.